The molecule has 0 spiro atoms. The van der Waals surface area contributed by atoms with E-state index in [1.165, 1.54) is 76.8 Å². The molecule has 3 nitrogen and oxygen atoms in total. The first-order chi connectivity index (χ1) is 31.0. The molecule has 0 amide bonds. The highest BCUT2D eigenvalue weighted by Gasteiger charge is 2.35. The summed E-state index contributed by atoms with van der Waals surface area (Å²) in [5.74, 6) is 1.90. The van der Waals surface area contributed by atoms with Gasteiger partial charge in [0.05, 0.1) is 0 Å². The first kappa shape index (κ1) is 36.8. The molecule has 12 rings (SSSR count). The van der Waals surface area contributed by atoms with Crippen molar-refractivity contribution in [3.05, 3.63) is 223 Å². The summed E-state index contributed by atoms with van der Waals surface area (Å²) < 4.78 is 0. The van der Waals surface area contributed by atoms with Gasteiger partial charge < -0.3 is 0 Å². The van der Waals surface area contributed by atoms with Crippen LogP contribution in [-0.4, -0.2) is 15.0 Å². The SMILES string of the molecule is CC1(C)c2ccccc2-c2ccc(-c3ccc4c5ccccc5c5cc(-c6nc(-c7ccc(-c8ccccc8)cc7)nc(-c7ccc(-c8ccccc8)cc7)n6)ccc5c4c3)cc21. The third-order valence-corrected chi connectivity index (χ3v) is 13.1. The van der Waals surface area contributed by atoms with Gasteiger partial charge in [-0.25, -0.2) is 15.0 Å². The Morgan fingerprint density at radius 3 is 1.22 bits per heavy atom. The minimum Gasteiger partial charge on any atom is -0.208 e. The van der Waals surface area contributed by atoms with Gasteiger partial charge in [-0.05, 0) is 106 Å². The van der Waals surface area contributed by atoms with Crippen LogP contribution in [0, 0.1) is 0 Å². The molecule has 63 heavy (non-hydrogen) atoms. The Labute approximate surface area is 367 Å². The lowest BCUT2D eigenvalue weighted by atomic mass is 9.81. The highest BCUT2D eigenvalue weighted by atomic mass is 15.0. The van der Waals surface area contributed by atoms with Crippen LogP contribution in [0.3, 0.4) is 0 Å². The zero-order chi connectivity index (χ0) is 42.1. The summed E-state index contributed by atoms with van der Waals surface area (Å²) in [7, 11) is 0. The van der Waals surface area contributed by atoms with Crippen LogP contribution in [-0.2, 0) is 5.41 Å². The summed E-state index contributed by atoms with van der Waals surface area (Å²) in [5, 5.41) is 7.26. The summed E-state index contributed by atoms with van der Waals surface area (Å²) >= 11 is 0. The van der Waals surface area contributed by atoms with E-state index in [0.717, 1.165) is 27.8 Å². The van der Waals surface area contributed by atoms with Gasteiger partial charge in [0.2, 0.25) is 0 Å². The van der Waals surface area contributed by atoms with Gasteiger partial charge in [-0.3, -0.25) is 0 Å². The summed E-state index contributed by atoms with van der Waals surface area (Å²) in [4.78, 5) is 15.5. The van der Waals surface area contributed by atoms with Gasteiger partial charge in [-0.2, -0.15) is 0 Å². The van der Waals surface area contributed by atoms with Crippen LogP contribution in [0.5, 0.6) is 0 Å². The molecule has 0 unspecified atom stereocenters. The predicted octanol–water partition coefficient (Wildman–Crippen LogP) is 15.6. The molecule has 0 bridgehead atoms. The summed E-state index contributed by atoms with van der Waals surface area (Å²) in [6.45, 7) is 4.70. The fourth-order valence-corrected chi connectivity index (χ4v) is 9.81. The van der Waals surface area contributed by atoms with Crippen molar-refractivity contribution in [2.45, 2.75) is 19.3 Å². The van der Waals surface area contributed by atoms with E-state index in [1.807, 2.05) is 12.1 Å². The average Bonchev–Trinajstić information content (AvgIpc) is 3.59. The van der Waals surface area contributed by atoms with E-state index in [1.54, 1.807) is 0 Å². The topological polar surface area (TPSA) is 38.7 Å². The zero-order valence-electron chi connectivity index (χ0n) is 35.0. The number of benzene rings is 10. The highest BCUT2D eigenvalue weighted by Crippen LogP contribution is 2.50. The molecule has 10 aromatic carbocycles. The minimum atomic E-state index is -0.0654. The van der Waals surface area contributed by atoms with E-state index in [2.05, 4.69) is 214 Å². The predicted molar refractivity (Wildman–Crippen MR) is 263 cm³/mol. The first-order valence-corrected chi connectivity index (χ1v) is 21.7. The number of nitrogens with zero attached hydrogens (tertiary/aromatic N) is 3. The van der Waals surface area contributed by atoms with Crippen molar-refractivity contribution in [1.82, 2.24) is 15.0 Å². The summed E-state index contributed by atoms with van der Waals surface area (Å²) in [6.07, 6.45) is 0. The Morgan fingerprint density at radius 2 is 0.619 bits per heavy atom. The zero-order valence-corrected chi connectivity index (χ0v) is 35.0. The molecule has 0 saturated carbocycles. The standard InChI is InChI=1S/C60H41N3/c1-60(2)55-20-12-11-19-51(55)52-34-30-45(37-56(52)60)44-29-32-49-47-17-9-10-18-48(47)54-36-46(31-33-50(54)53(49)35-44)59-62-57(42-25-21-40(22-26-42)38-13-5-3-6-14-38)61-58(63-59)43-27-23-41(24-28-43)39-15-7-4-8-16-39/h3-37H,1-2H3. The maximum atomic E-state index is 5.20. The van der Waals surface area contributed by atoms with E-state index in [-0.39, 0.29) is 5.41 Å². The normalized spacial score (nSPS) is 12.7. The molecular formula is C60H41N3. The number of hydrogen-bond donors (Lipinski definition) is 0. The molecule has 296 valence electrons. The van der Waals surface area contributed by atoms with Gasteiger partial charge in [0.1, 0.15) is 0 Å². The van der Waals surface area contributed by atoms with E-state index in [4.69, 9.17) is 15.0 Å². The molecule has 11 aromatic rings. The number of fused-ring (bicyclic) bond motifs is 9. The molecule has 3 heteroatoms. The van der Waals surface area contributed by atoms with Crippen molar-refractivity contribution in [1.29, 1.82) is 0 Å². The van der Waals surface area contributed by atoms with Crippen LogP contribution in [0.2, 0.25) is 0 Å². The van der Waals surface area contributed by atoms with Gasteiger partial charge in [-0.15, -0.1) is 0 Å². The fraction of sp³-hybridized carbons (Fsp3) is 0.0500. The van der Waals surface area contributed by atoms with Gasteiger partial charge in [-0.1, -0.05) is 208 Å². The third kappa shape index (κ3) is 6.23. The van der Waals surface area contributed by atoms with Crippen molar-refractivity contribution >= 4 is 32.3 Å². The minimum absolute atomic E-state index is 0.0654. The molecule has 1 heterocycles. The smallest absolute Gasteiger partial charge is 0.164 e. The monoisotopic (exact) mass is 803 g/mol. The third-order valence-electron chi connectivity index (χ3n) is 13.1. The second kappa shape index (κ2) is 14.6. The van der Waals surface area contributed by atoms with Gasteiger partial charge in [0.25, 0.3) is 0 Å². The van der Waals surface area contributed by atoms with E-state index < -0.39 is 0 Å². The second-order valence-corrected chi connectivity index (χ2v) is 17.2. The molecule has 0 saturated heterocycles. The molecule has 1 aromatic heterocycles. The molecule has 0 N–H and O–H groups in total. The van der Waals surface area contributed by atoms with Gasteiger partial charge >= 0.3 is 0 Å². The number of rotatable bonds is 6. The van der Waals surface area contributed by atoms with E-state index >= 15 is 0 Å². The van der Waals surface area contributed by atoms with Crippen LogP contribution < -0.4 is 0 Å². The van der Waals surface area contributed by atoms with Crippen molar-refractivity contribution in [3.8, 4) is 78.7 Å². The van der Waals surface area contributed by atoms with Crippen LogP contribution in [0.4, 0.5) is 0 Å². The lowest BCUT2D eigenvalue weighted by Gasteiger charge is -2.22. The molecule has 0 aliphatic heterocycles. The lowest BCUT2D eigenvalue weighted by molar-refractivity contribution is 0.660. The molecule has 0 atom stereocenters. The Kier molecular flexibility index (Phi) is 8.52. The Bertz CT molecular complexity index is 3450. The van der Waals surface area contributed by atoms with E-state index in [0.29, 0.717) is 17.5 Å². The molecule has 1 aliphatic carbocycles. The van der Waals surface area contributed by atoms with Crippen molar-refractivity contribution in [2.75, 3.05) is 0 Å². The lowest BCUT2D eigenvalue weighted by Crippen LogP contribution is -2.14. The average molecular weight is 804 g/mol. The molecule has 0 fully saturated rings. The number of hydrogen-bond acceptors (Lipinski definition) is 3. The Hall–Kier alpha value is -8.01. The van der Waals surface area contributed by atoms with Crippen molar-refractivity contribution < 1.29 is 0 Å². The van der Waals surface area contributed by atoms with Gasteiger partial charge in [0, 0.05) is 22.1 Å². The molecular weight excluding hydrogens is 763 g/mol. The second-order valence-electron chi connectivity index (χ2n) is 17.2. The maximum Gasteiger partial charge on any atom is 0.164 e. The number of aromatic nitrogens is 3. The first-order valence-electron chi connectivity index (χ1n) is 21.7. The largest absolute Gasteiger partial charge is 0.208 e. The quantitative estimate of drug-likeness (QED) is 0.157. The van der Waals surface area contributed by atoms with Crippen LogP contribution in [0.25, 0.3) is 111 Å². The molecule has 1 aliphatic rings. The van der Waals surface area contributed by atoms with Crippen LogP contribution in [0.15, 0.2) is 212 Å². The molecule has 0 radical (unpaired) electrons. The van der Waals surface area contributed by atoms with Gasteiger partial charge in [0.15, 0.2) is 17.5 Å². The van der Waals surface area contributed by atoms with Crippen LogP contribution >= 0.6 is 0 Å². The highest BCUT2D eigenvalue weighted by molar-refractivity contribution is 6.26. The maximum absolute atomic E-state index is 5.20. The van der Waals surface area contributed by atoms with Crippen molar-refractivity contribution in [3.63, 3.8) is 0 Å². The Balaban J connectivity index is 0.998. The van der Waals surface area contributed by atoms with E-state index in [9.17, 15) is 0 Å². The Morgan fingerprint density at radius 1 is 0.254 bits per heavy atom. The summed E-state index contributed by atoms with van der Waals surface area (Å²) in [6, 6.07) is 76.3. The van der Waals surface area contributed by atoms with Crippen molar-refractivity contribution in [2.24, 2.45) is 0 Å². The van der Waals surface area contributed by atoms with Crippen LogP contribution in [0.1, 0.15) is 25.0 Å². The fourth-order valence-electron chi connectivity index (χ4n) is 9.81. The summed E-state index contributed by atoms with van der Waals surface area (Å²) in [5.41, 5.74) is 15.3.